The van der Waals surface area contributed by atoms with Crippen molar-refractivity contribution < 1.29 is 4.74 Å². The van der Waals surface area contributed by atoms with E-state index >= 15 is 0 Å². The fourth-order valence-corrected chi connectivity index (χ4v) is 4.86. The maximum atomic E-state index is 6.39. The van der Waals surface area contributed by atoms with Crippen molar-refractivity contribution in [1.29, 1.82) is 0 Å². The van der Waals surface area contributed by atoms with Crippen LogP contribution >= 0.6 is 38.9 Å². The van der Waals surface area contributed by atoms with E-state index in [1.807, 2.05) is 24.4 Å². The van der Waals surface area contributed by atoms with Crippen LogP contribution in [0.2, 0.25) is 5.02 Å². The SMILES string of the molecule is Clc1cccc2c1CCC1(CCN(c3ncc(Br)s3)CC1)O2. The summed E-state index contributed by atoms with van der Waals surface area (Å²) in [5.41, 5.74) is 1.14. The third-order valence-corrected chi connectivity index (χ3v) is 6.53. The number of ether oxygens (including phenoxy) is 1. The molecule has 2 aromatic rings. The molecule has 3 heterocycles. The topological polar surface area (TPSA) is 25.4 Å². The first-order chi connectivity index (χ1) is 10.7. The molecule has 0 bridgehead atoms. The summed E-state index contributed by atoms with van der Waals surface area (Å²) in [7, 11) is 0. The summed E-state index contributed by atoms with van der Waals surface area (Å²) in [5, 5.41) is 1.93. The van der Waals surface area contributed by atoms with Crippen LogP contribution < -0.4 is 9.64 Å². The van der Waals surface area contributed by atoms with Gasteiger partial charge in [-0.3, -0.25) is 0 Å². The number of anilines is 1. The lowest BCUT2D eigenvalue weighted by molar-refractivity contribution is 0.0226. The maximum absolute atomic E-state index is 6.39. The minimum atomic E-state index is -0.0251. The molecule has 0 unspecified atom stereocenters. The molecule has 2 aliphatic heterocycles. The second-order valence-electron chi connectivity index (χ2n) is 5.94. The standard InChI is InChI=1S/C16H16BrClN2OS/c17-14-10-19-15(22-14)20-8-6-16(7-9-20)5-4-11-12(18)2-1-3-13(11)21-16/h1-3,10H,4-9H2. The lowest BCUT2D eigenvalue weighted by Crippen LogP contribution is -2.49. The lowest BCUT2D eigenvalue weighted by Gasteiger charge is -2.44. The van der Waals surface area contributed by atoms with Gasteiger partial charge in [0.05, 0.1) is 9.98 Å². The second-order valence-corrected chi connectivity index (χ2v) is 8.73. The van der Waals surface area contributed by atoms with Crippen LogP contribution in [0, 0.1) is 0 Å². The zero-order chi connectivity index (χ0) is 15.2. The first kappa shape index (κ1) is 14.8. The van der Waals surface area contributed by atoms with Crippen LogP contribution in [0.25, 0.3) is 0 Å². The normalized spacial score (nSPS) is 19.8. The molecule has 0 amide bonds. The van der Waals surface area contributed by atoms with Crippen molar-refractivity contribution in [3.63, 3.8) is 0 Å². The van der Waals surface area contributed by atoms with E-state index in [1.165, 1.54) is 5.56 Å². The quantitative estimate of drug-likeness (QED) is 0.680. The second kappa shape index (κ2) is 5.69. The van der Waals surface area contributed by atoms with Crippen molar-refractivity contribution in [3.05, 3.63) is 38.8 Å². The van der Waals surface area contributed by atoms with Crippen LogP contribution in [-0.4, -0.2) is 23.7 Å². The molecule has 3 nitrogen and oxygen atoms in total. The maximum Gasteiger partial charge on any atom is 0.186 e. The number of aromatic nitrogens is 1. The molecule has 0 atom stereocenters. The summed E-state index contributed by atoms with van der Waals surface area (Å²) in [4.78, 5) is 6.82. The van der Waals surface area contributed by atoms with Gasteiger partial charge in [0.15, 0.2) is 5.13 Å². The Kier molecular flexibility index (Phi) is 3.83. The number of piperidine rings is 1. The van der Waals surface area contributed by atoms with E-state index in [1.54, 1.807) is 11.3 Å². The number of benzene rings is 1. The molecule has 22 heavy (non-hydrogen) atoms. The third kappa shape index (κ3) is 2.63. The molecule has 1 fully saturated rings. The minimum absolute atomic E-state index is 0.0251. The van der Waals surface area contributed by atoms with E-state index < -0.39 is 0 Å². The molecule has 0 radical (unpaired) electrons. The molecule has 4 rings (SSSR count). The Morgan fingerprint density at radius 2 is 2.09 bits per heavy atom. The van der Waals surface area contributed by atoms with Crippen LogP contribution in [0.5, 0.6) is 5.75 Å². The summed E-state index contributed by atoms with van der Waals surface area (Å²) >= 11 is 11.5. The first-order valence-electron chi connectivity index (χ1n) is 7.48. The van der Waals surface area contributed by atoms with Gasteiger partial charge < -0.3 is 9.64 Å². The number of thiazole rings is 1. The van der Waals surface area contributed by atoms with Crippen molar-refractivity contribution in [2.75, 3.05) is 18.0 Å². The van der Waals surface area contributed by atoms with E-state index in [2.05, 4.69) is 25.8 Å². The molecule has 1 saturated heterocycles. The molecule has 6 heteroatoms. The van der Waals surface area contributed by atoms with Crippen LogP contribution in [0.15, 0.2) is 28.2 Å². The number of halogens is 2. The van der Waals surface area contributed by atoms with Crippen molar-refractivity contribution >= 4 is 44.0 Å². The number of fused-ring (bicyclic) bond motifs is 1. The van der Waals surface area contributed by atoms with Gasteiger partial charge >= 0.3 is 0 Å². The molecule has 1 aromatic heterocycles. The molecule has 0 N–H and O–H groups in total. The Bertz CT molecular complexity index is 697. The highest BCUT2D eigenvalue weighted by Crippen LogP contribution is 2.42. The van der Waals surface area contributed by atoms with E-state index in [-0.39, 0.29) is 5.60 Å². The van der Waals surface area contributed by atoms with Crippen molar-refractivity contribution in [3.8, 4) is 5.75 Å². The third-order valence-electron chi connectivity index (χ3n) is 4.64. The Hall–Kier alpha value is -0.780. The molecule has 0 saturated carbocycles. The van der Waals surface area contributed by atoms with E-state index in [0.29, 0.717) is 0 Å². The van der Waals surface area contributed by atoms with Gasteiger partial charge in [-0.2, -0.15) is 0 Å². The molecule has 116 valence electrons. The number of rotatable bonds is 1. The van der Waals surface area contributed by atoms with E-state index in [0.717, 1.165) is 58.5 Å². The zero-order valence-corrected chi connectivity index (χ0v) is 15.2. The Morgan fingerprint density at radius 1 is 1.27 bits per heavy atom. The molecule has 0 aliphatic carbocycles. The van der Waals surface area contributed by atoms with Gasteiger partial charge in [0, 0.05) is 36.5 Å². The largest absolute Gasteiger partial charge is 0.487 e. The van der Waals surface area contributed by atoms with E-state index in [4.69, 9.17) is 16.3 Å². The minimum Gasteiger partial charge on any atom is -0.487 e. The summed E-state index contributed by atoms with van der Waals surface area (Å²) in [6.07, 6.45) is 6.02. The highest BCUT2D eigenvalue weighted by atomic mass is 79.9. The fourth-order valence-electron chi connectivity index (χ4n) is 3.36. The van der Waals surface area contributed by atoms with Gasteiger partial charge in [-0.15, -0.1) is 0 Å². The molecule has 1 aromatic carbocycles. The summed E-state index contributed by atoms with van der Waals surface area (Å²) in [6, 6.07) is 5.97. The summed E-state index contributed by atoms with van der Waals surface area (Å²) in [5.74, 6) is 0.976. The Labute approximate surface area is 147 Å². The van der Waals surface area contributed by atoms with Gasteiger partial charge in [0.2, 0.25) is 0 Å². The summed E-state index contributed by atoms with van der Waals surface area (Å²) < 4.78 is 7.48. The zero-order valence-electron chi connectivity index (χ0n) is 12.0. The number of hydrogen-bond acceptors (Lipinski definition) is 4. The van der Waals surface area contributed by atoms with Crippen molar-refractivity contribution in [2.45, 2.75) is 31.3 Å². The summed E-state index contributed by atoms with van der Waals surface area (Å²) in [6.45, 7) is 1.99. The highest BCUT2D eigenvalue weighted by Gasteiger charge is 2.40. The van der Waals surface area contributed by atoms with Gasteiger partial charge in [-0.1, -0.05) is 29.0 Å². The molecule has 2 aliphatic rings. The Balaban J connectivity index is 1.49. The number of nitrogens with zero attached hydrogens (tertiary/aromatic N) is 2. The van der Waals surface area contributed by atoms with Gasteiger partial charge in [-0.05, 0) is 40.9 Å². The predicted molar refractivity (Wildman–Crippen MR) is 94.4 cm³/mol. The monoisotopic (exact) mass is 398 g/mol. The van der Waals surface area contributed by atoms with Gasteiger partial charge in [-0.25, -0.2) is 4.98 Å². The average molecular weight is 400 g/mol. The highest BCUT2D eigenvalue weighted by molar-refractivity contribution is 9.11. The van der Waals surface area contributed by atoms with Crippen LogP contribution in [0.3, 0.4) is 0 Å². The molecular weight excluding hydrogens is 384 g/mol. The van der Waals surface area contributed by atoms with E-state index in [9.17, 15) is 0 Å². The van der Waals surface area contributed by atoms with Gasteiger partial charge in [0.25, 0.3) is 0 Å². The van der Waals surface area contributed by atoms with Crippen LogP contribution in [0.4, 0.5) is 5.13 Å². The van der Waals surface area contributed by atoms with Crippen molar-refractivity contribution in [2.24, 2.45) is 0 Å². The fraction of sp³-hybridized carbons (Fsp3) is 0.438. The smallest absolute Gasteiger partial charge is 0.186 e. The van der Waals surface area contributed by atoms with Gasteiger partial charge in [0.1, 0.15) is 11.4 Å². The predicted octanol–water partition coefficient (Wildman–Crippen LogP) is 4.92. The first-order valence-corrected chi connectivity index (χ1v) is 9.47. The average Bonchev–Trinajstić information content (AvgIpc) is 2.95. The van der Waals surface area contributed by atoms with Crippen molar-refractivity contribution in [1.82, 2.24) is 4.98 Å². The lowest BCUT2D eigenvalue weighted by atomic mass is 9.83. The molecule has 1 spiro atoms. The number of hydrogen-bond donors (Lipinski definition) is 0. The molecular formula is C16H16BrClN2OS. The van der Waals surface area contributed by atoms with Crippen LogP contribution in [0.1, 0.15) is 24.8 Å². The Morgan fingerprint density at radius 3 is 2.82 bits per heavy atom. The van der Waals surface area contributed by atoms with Crippen LogP contribution in [-0.2, 0) is 6.42 Å².